The van der Waals surface area contributed by atoms with Gasteiger partial charge < -0.3 is 9.64 Å². The smallest absolute Gasteiger partial charge is 0.329 e. The molecule has 21 heavy (non-hydrogen) atoms. The number of rotatable bonds is 5. The molecule has 0 aliphatic carbocycles. The van der Waals surface area contributed by atoms with Gasteiger partial charge in [0.05, 0.1) is 17.4 Å². The molecule has 1 aliphatic rings. The Hall–Kier alpha value is -2.10. The molecule has 1 unspecified atom stereocenters. The van der Waals surface area contributed by atoms with Crippen LogP contribution in [0.2, 0.25) is 0 Å². The molecule has 2 rings (SSSR count). The van der Waals surface area contributed by atoms with Gasteiger partial charge in [0.25, 0.3) is 0 Å². The van der Waals surface area contributed by atoms with Gasteiger partial charge in [0.2, 0.25) is 5.91 Å². The number of hydrogen-bond donors (Lipinski definition) is 0. The molecule has 0 N–H and O–H groups in total. The normalized spacial score (nSPS) is 17.8. The summed E-state index contributed by atoms with van der Waals surface area (Å²) in [6.07, 6.45) is 2.26. The Balaban J connectivity index is 2.01. The van der Waals surface area contributed by atoms with Crippen molar-refractivity contribution in [3.8, 4) is 0 Å². The first-order chi connectivity index (χ1) is 10.0. The molecule has 1 amide bonds. The second kappa shape index (κ2) is 6.57. The molecule has 0 spiro atoms. The molecule has 1 saturated heterocycles. The fourth-order valence-corrected chi connectivity index (χ4v) is 3.05. The first kappa shape index (κ1) is 15.3. The van der Waals surface area contributed by atoms with Crippen LogP contribution in [0.1, 0.15) is 6.92 Å². The zero-order valence-electron chi connectivity index (χ0n) is 11.3. The lowest BCUT2D eigenvalue weighted by atomic mass is 10.3. The van der Waals surface area contributed by atoms with E-state index in [0.717, 1.165) is 6.20 Å². The minimum atomic E-state index is -0.604. The summed E-state index contributed by atoms with van der Waals surface area (Å²) in [5.41, 5.74) is -0.180. The maximum Gasteiger partial charge on any atom is 0.329 e. The summed E-state index contributed by atoms with van der Waals surface area (Å²) in [7, 11) is 0. The van der Waals surface area contributed by atoms with Crippen molar-refractivity contribution in [1.29, 1.82) is 0 Å². The molecular weight excluding hydrogens is 300 g/mol. The third-order valence-corrected chi connectivity index (χ3v) is 3.90. The molecule has 10 heteroatoms. The van der Waals surface area contributed by atoms with Crippen molar-refractivity contribution in [1.82, 2.24) is 14.7 Å². The van der Waals surface area contributed by atoms with Gasteiger partial charge in [-0.3, -0.25) is 19.6 Å². The molecule has 1 aromatic rings. The highest BCUT2D eigenvalue weighted by Crippen LogP contribution is 2.22. The van der Waals surface area contributed by atoms with Gasteiger partial charge >= 0.3 is 11.7 Å². The Labute approximate surface area is 124 Å². The highest BCUT2D eigenvalue weighted by molar-refractivity contribution is 7.99. The van der Waals surface area contributed by atoms with E-state index in [1.165, 1.54) is 27.5 Å². The average molecular weight is 314 g/mol. The van der Waals surface area contributed by atoms with Gasteiger partial charge in [-0.15, -0.1) is 11.8 Å². The summed E-state index contributed by atoms with van der Waals surface area (Å²) in [5.74, 6) is 0.133. The lowest BCUT2D eigenvalue weighted by Gasteiger charge is -2.22. The average Bonchev–Trinajstić information content (AvgIpc) is 3.07. The van der Waals surface area contributed by atoms with Gasteiger partial charge in [-0.1, -0.05) is 0 Å². The van der Waals surface area contributed by atoms with Crippen LogP contribution < -0.4 is 0 Å². The van der Waals surface area contributed by atoms with Gasteiger partial charge in [-0.2, -0.15) is 5.10 Å². The van der Waals surface area contributed by atoms with E-state index in [-0.39, 0.29) is 24.7 Å². The number of thioether (sulfide) groups is 1. The van der Waals surface area contributed by atoms with Crippen molar-refractivity contribution in [2.75, 3.05) is 18.2 Å². The van der Waals surface area contributed by atoms with Crippen molar-refractivity contribution >= 4 is 29.3 Å². The molecule has 0 aromatic carbocycles. The van der Waals surface area contributed by atoms with Crippen molar-refractivity contribution in [3.63, 3.8) is 0 Å². The Morgan fingerprint density at radius 2 is 2.38 bits per heavy atom. The molecule has 0 radical (unpaired) electrons. The molecule has 0 saturated carbocycles. The van der Waals surface area contributed by atoms with Crippen molar-refractivity contribution < 1.29 is 19.2 Å². The highest BCUT2D eigenvalue weighted by atomic mass is 32.2. The molecule has 114 valence electrons. The van der Waals surface area contributed by atoms with Crippen LogP contribution >= 0.6 is 11.8 Å². The molecule has 0 bridgehead atoms. The third-order valence-electron chi connectivity index (χ3n) is 2.89. The lowest BCUT2D eigenvalue weighted by Crippen LogP contribution is -2.44. The van der Waals surface area contributed by atoms with Crippen molar-refractivity contribution in [2.24, 2.45) is 0 Å². The third kappa shape index (κ3) is 3.51. The Morgan fingerprint density at radius 3 is 3.00 bits per heavy atom. The minimum Gasteiger partial charge on any atom is -0.464 e. The molecule has 1 fully saturated rings. The number of ether oxygens (including phenoxy) is 1. The number of nitro groups is 1. The van der Waals surface area contributed by atoms with Gasteiger partial charge in [-0.05, 0) is 6.92 Å². The van der Waals surface area contributed by atoms with Gasteiger partial charge in [-0.25, -0.2) is 4.79 Å². The van der Waals surface area contributed by atoms with Crippen LogP contribution in [0.3, 0.4) is 0 Å². The molecule has 2 heterocycles. The van der Waals surface area contributed by atoms with E-state index >= 15 is 0 Å². The summed E-state index contributed by atoms with van der Waals surface area (Å²) in [4.78, 5) is 35.3. The number of aromatic nitrogens is 2. The van der Waals surface area contributed by atoms with Crippen LogP contribution in [-0.2, 0) is 20.9 Å². The van der Waals surface area contributed by atoms with E-state index in [0.29, 0.717) is 11.6 Å². The second-order valence-corrected chi connectivity index (χ2v) is 5.28. The Bertz CT molecular complexity index is 561. The number of hydrogen-bond acceptors (Lipinski definition) is 7. The van der Waals surface area contributed by atoms with E-state index in [9.17, 15) is 19.7 Å². The summed E-state index contributed by atoms with van der Waals surface area (Å²) in [6.45, 7) is 1.81. The summed E-state index contributed by atoms with van der Waals surface area (Å²) in [5, 5.41) is 14.3. The Kier molecular flexibility index (Phi) is 4.78. The fraction of sp³-hybridized carbons (Fsp3) is 0.545. The van der Waals surface area contributed by atoms with Crippen molar-refractivity contribution in [3.05, 3.63) is 22.5 Å². The second-order valence-electron chi connectivity index (χ2n) is 4.28. The first-order valence-electron chi connectivity index (χ1n) is 6.23. The summed E-state index contributed by atoms with van der Waals surface area (Å²) < 4.78 is 6.12. The van der Waals surface area contributed by atoms with Gasteiger partial charge in [0, 0.05) is 5.75 Å². The van der Waals surface area contributed by atoms with E-state index in [4.69, 9.17) is 4.74 Å². The first-order valence-corrected chi connectivity index (χ1v) is 7.39. The molecule has 1 aliphatic heterocycles. The number of amides is 1. The molecule has 1 aromatic heterocycles. The van der Waals surface area contributed by atoms with Gasteiger partial charge in [0.15, 0.2) is 0 Å². The summed E-state index contributed by atoms with van der Waals surface area (Å²) in [6, 6.07) is -0.604. The van der Waals surface area contributed by atoms with Crippen LogP contribution in [0.25, 0.3) is 0 Å². The topological polar surface area (TPSA) is 108 Å². The van der Waals surface area contributed by atoms with Crippen LogP contribution in [-0.4, -0.2) is 55.8 Å². The van der Waals surface area contributed by atoms with E-state index < -0.39 is 16.9 Å². The van der Waals surface area contributed by atoms with Crippen LogP contribution in [0.4, 0.5) is 5.69 Å². The standard InChI is InChI=1S/C11H14N4O5S/c1-2-20-11(17)9-6-21-7-14(9)10(16)5-13-4-8(3-12-13)15(18)19/h3-4,9H,2,5-7H2,1H3. The SMILES string of the molecule is CCOC(=O)C1CSCN1C(=O)Cn1cc([N+](=O)[O-])cn1. The quantitative estimate of drug-likeness (QED) is 0.435. The van der Waals surface area contributed by atoms with Gasteiger partial charge in [0.1, 0.15) is 25.0 Å². The molecule has 1 atom stereocenters. The van der Waals surface area contributed by atoms with E-state index in [2.05, 4.69) is 5.10 Å². The monoisotopic (exact) mass is 314 g/mol. The Morgan fingerprint density at radius 1 is 1.62 bits per heavy atom. The predicted molar refractivity (Wildman–Crippen MR) is 73.5 cm³/mol. The van der Waals surface area contributed by atoms with Crippen molar-refractivity contribution in [2.45, 2.75) is 19.5 Å². The number of carbonyl (C=O) groups is 2. The van der Waals surface area contributed by atoms with Crippen LogP contribution in [0.5, 0.6) is 0 Å². The molecular formula is C11H14N4O5S. The van der Waals surface area contributed by atoms with E-state index in [1.807, 2.05) is 0 Å². The summed E-state index contributed by atoms with van der Waals surface area (Å²) >= 11 is 1.46. The predicted octanol–water partition coefficient (Wildman–Crippen LogP) is 0.256. The minimum absolute atomic E-state index is 0.149. The maximum atomic E-state index is 12.2. The lowest BCUT2D eigenvalue weighted by molar-refractivity contribution is -0.385. The molecule has 9 nitrogen and oxygen atoms in total. The maximum absolute atomic E-state index is 12.2. The largest absolute Gasteiger partial charge is 0.464 e. The van der Waals surface area contributed by atoms with E-state index in [1.54, 1.807) is 6.92 Å². The van der Waals surface area contributed by atoms with Crippen LogP contribution in [0.15, 0.2) is 12.4 Å². The number of carbonyl (C=O) groups excluding carboxylic acids is 2. The van der Waals surface area contributed by atoms with Crippen LogP contribution in [0, 0.1) is 10.1 Å². The fourth-order valence-electron chi connectivity index (χ4n) is 1.88. The zero-order valence-corrected chi connectivity index (χ0v) is 12.1. The number of esters is 1. The number of nitrogens with zero attached hydrogens (tertiary/aromatic N) is 4. The highest BCUT2D eigenvalue weighted by Gasteiger charge is 2.35. The zero-order chi connectivity index (χ0) is 15.4.